The Labute approximate surface area is 94.8 Å². The van der Waals surface area contributed by atoms with E-state index in [0.29, 0.717) is 0 Å². The van der Waals surface area contributed by atoms with Crippen molar-refractivity contribution in [2.24, 2.45) is 5.92 Å². The molecular weight excluding hydrogens is 186 g/mol. The van der Waals surface area contributed by atoms with Crippen LogP contribution in [0.5, 0.6) is 0 Å². The maximum Gasteiger partial charge on any atom is 0.0587 e. The van der Waals surface area contributed by atoms with Gasteiger partial charge in [-0.25, -0.2) is 0 Å². The Balaban J connectivity index is 1.79. The average molecular weight is 213 g/mol. The number of rotatable bonds is 8. The van der Waals surface area contributed by atoms with Crippen LogP contribution in [0.1, 0.15) is 51.4 Å². The molecule has 0 heterocycles. The second kappa shape index (κ2) is 9.17. The summed E-state index contributed by atoms with van der Waals surface area (Å²) in [6, 6.07) is 0. The lowest BCUT2D eigenvalue weighted by Crippen LogP contribution is -2.20. The zero-order chi connectivity index (χ0) is 10.8. The fourth-order valence-corrected chi connectivity index (χ4v) is 2.46. The molecule has 1 aliphatic carbocycles. The van der Waals surface area contributed by atoms with Crippen LogP contribution in [-0.2, 0) is 4.74 Å². The number of hydrogen-bond acceptors (Lipinski definition) is 2. The third-order valence-electron chi connectivity index (χ3n) is 3.42. The van der Waals surface area contributed by atoms with E-state index in [1.165, 1.54) is 51.4 Å². The number of hydrogen-bond donors (Lipinski definition) is 1. The summed E-state index contributed by atoms with van der Waals surface area (Å²) in [6.07, 6.45) is 11.6. The first-order chi connectivity index (χ1) is 7.43. The molecular formula is C13H27NO. The standard InChI is InChI=1S/C13H27NO/c1-15-12-11-14-10-6-5-9-13-7-3-2-4-8-13/h13-14H,2-12H2,1H3. The van der Waals surface area contributed by atoms with E-state index in [-0.39, 0.29) is 0 Å². The summed E-state index contributed by atoms with van der Waals surface area (Å²) in [6.45, 7) is 3.00. The van der Waals surface area contributed by atoms with Crippen molar-refractivity contribution in [2.45, 2.75) is 51.4 Å². The van der Waals surface area contributed by atoms with E-state index < -0.39 is 0 Å². The van der Waals surface area contributed by atoms with Gasteiger partial charge in [0.25, 0.3) is 0 Å². The van der Waals surface area contributed by atoms with Crippen molar-refractivity contribution in [1.82, 2.24) is 5.32 Å². The van der Waals surface area contributed by atoms with E-state index in [1.807, 2.05) is 0 Å². The lowest BCUT2D eigenvalue weighted by atomic mass is 9.86. The van der Waals surface area contributed by atoms with Crippen LogP contribution < -0.4 is 5.32 Å². The lowest BCUT2D eigenvalue weighted by molar-refractivity contribution is 0.199. The summed E-state index contributed by atoms with van der Waals surface area (Å²) in [5, 5.41) is 3.40. The van der Waals surface area contributed by atoms with Crippen LogP contribution in [0.15, 0.2) is 0 Å². The lowest BCUT2D eigenvalue weighted by Gasteiger charge is -2.21. The van der Waals surface area contributed by atoms with E-state index >= 15 is 0 Å². The van der Waals surface area contributed by atoms with Crippen molar-refractivity contribution in [2.75, 3.05) is 26.8 Å². The first kappa shape index (κ1) is 13.0. The van der Waals surface area contributed by atoms with Crippen molar-refractivity contribution in [3.63, 3.8) is 0 Å². The van der Waals surface area contributed by atoms with Gasteiger partial charge in [0.2, 0.25) is 0 Å². The van der Waals surface area contributed by atoms with Gasteiger partial charge in [0.05, 0.1) is 6.61 Å². The van der Waals surface area contributed by atoms with Crippen LogP contribution in [0.4, 0.5) is 0 Å². The number of ether oxygens (including phenoxy) is 1. The molecule has 0 saturated heterocycles. The van der Waals surface area contributed by atoms with Crippen molar-refractivity contribution < 1.29 is 4.74 Å². The van der Waals surface area contributed by atoms with Gasteiger partial charge in [-0.2, -0.15) is 0 Å². The van der Waals surface area contributed by atoms with E-state index in [4.69, 9.17) is 4.74 Å². The molecule has 0 aliphatic heterocycles. The fourth-order valence-electron chi connectivity index (χ4n) is 2.46. The van der Waals surface area contributed by atoms with Gasteiger partial charge in [-0.3, -0.25) is 0 Å². The highest BCUT2D eigenvalue weighted by Gasteiger charge is 2.12. The Bertz CT molecular complexity index is 132. The molecule has 2 nitrogen and oxygen atoms in total. The van der Waals surface area contributed by atoms with Gasteiger partial charge in [-0.05, 0) is 18.9 Å². The molecule has 0 aromatic carbocycles. The van der Waals surface area contributed by atoms with Gasteiger partial charge in [0.15, 0.2) is 0 Å². The van der Waals surface area contributed by atoms with Crippen LogP contribution in [0.2, 0.25) is 0 Å². The molecule has 0 aromatic heterocycles. The van der Waals surface area contributed by atoms with Crippen LogP contribution in [0.3, 0.4) is 0 Å². The molecule has 0 radical (unpaired) electrons. The molecule has 90 valence electrons. The average Bonchev–Trinajstić information content (AvgIpc) is 2.29. The van der Waals surface area contributed by atoms with E-state index in [0.717, 1.165) is 25.6 Å². The summed E-state index contributed by atoms with van der Waals surface area (Å²) in [4.78, 5) is 0. The van der Waals surface area contributed by atoms with Gasteiger partial charge < -0.3 is 10.1 Å². The van der Waals surface area contributed by atoms with E-state index in [1.54, 1.807) is 7.11 Å². The molecule has 2 heteroatoms. The summed E-state index contributed by atoms with van der Waals surface area (Å²) >= 11 is 0. The van der Waals surface area contributed by atoms with Gasteiger partial charge in [0, 0.05) is 13.7 Å². The predicted octanol–water partition coefficient (Wildman–Crippen LogP) is 2.97. The topological polar surface area (TPSA) is 21.3 Å². The number of methoxy groups -OCH3 is 1. The summed E-state index contributed by atoms with van der Waals surface area (Å²) < 4.78 is 4.98. The quantitative estimate of drug-likeness (QED) is 0.626. The molecule has 1 aliphatic rings. The highest BCUT2D eigenvalue weighted by atomic mass is 16.5. The second-order valence-corrected chi connectivity index (χ2v) is 4.74. The monoisotopic (exact) mass is 213 g/mol. The molecule has 15 heavy (non-hydrogen) atoms. The predicted molar refractivity (Wildman–Crippen MR) is 65.2 cm³/mol. The second-order valence-electron chi connectivity index (χ2n) is 4.74. The van der Waals surface area contributed by atoms with E-state index in [2.05, 4.69) is 5.32 Å². The zero-order valence-corrected chi connectivity index (χ0v) is 10.3. The number of nitrogens with one attached hydrogen (secondary N) is 1. The smallest absolute Gasteiger partial charge is 0.0587 e. The maximum absolute atomic E-state index is 4.98. The number of unbranched alkanes of at least 4 members (excludes halogenated alkanes) is 1. The first-order valence-corrected chi connectivity index (χ1v) is 6.63. The normalized spacial score (nSPS) is 18.2. The minimum Gasteiger partial charge on any atom is -0.383 e. The van der Waals surface area contributed by atoms with E-state index in [9.17, 15) is 0 Å². The molecule has 0 bridgehead atoms. The Morgan fingerprint density at radius 2 is 1.87 bits per heavy atom. The maximum atomic E-state index is 4.98. The summed E-state index contributed by atoms with van der Waals surface area (Å²) in [5.74, 6) is 1.05. The molecule has 0 amide bonds. The highest BCUT2D eigenvalue weighted by molar-refractivity contribution is 4.65. The molecule has 1 saturated carbocycles. The Kier molecular flexibility index (Phi) is 7.94. The molecule has 1 rings (SSSR count). The fraction of sp³-hybridized carbons (Fsp3) is 1.00. The van der Waals surface area contributed by atoms with Crippen molar-refractivity contribution in [3.05, 3.63) is 0 Å². The highest BCUT2D eigenvalue weighted by Crippen LogP contribution is 2.27. The van der Waals surface area contributed by atoms with Crippen LogP contribution >= 0.6 is 0 Å². The minimum atomic E-state index is 0.836. The van der Waals surface area contributed by atoms with Crippen molar-refractivity contribution >= 4 is 0 Å². The molecule has 0 spiro atoms. The summed E-state index contributed by atoms with van der Waals surface area (Å²) in [5.41, 5.74) is 0. The third-order valence-corrected chi connectivity index (χ3v) is 3.42. The van der Waals surface area contributed by atoms with Gasteiger partial charge in [-0.1, -0.05) is 44.9 Å². The Morgan fingerprint density at radius 3 is 2.60 bits per heavy atom. The van der Waals surface area contributed by atoms with Crippen molar-refractivity contribution in [1.29, 1.82) is 0 Å². The zero-order valence-electron chi connectivity index (χ0n) is 10.3. The molecule has 0 aromatic rings. The molecule has 0 unspecified atom stereocenters. The van der Waals surface area contributed by atoms with Crippen LogP contribution in [0, 0.1) is 5.92 Å². The van der Waals surface area contributed by atoms with Crippen molar-refractivity contribution in [3.8, 4) is 0 Å². The Hall–Kier alpha value is -0.0800. The molecule has 1 N–H and O–H groups in total. The SMILES string of the molecule is COCCNCCCCC1CCCCC1. The summed E-state index contributed by atoms with van der Waals surface area (Å²) in [7, 11) is 1.75. The van der Waals surface area contributed by atoms with Crippen LogP contribution in [0.25, 0.3) is 0 Å². The molecule has 1 fully saturated rings. The van der Waals surface area contributed by atoms with Gasteiger partial charge >= 0.3 is 0 Å². The van der Waals surface area contributed by atoms with Crippen LogP contribution in [-0.4, -0.2) is 26.8 Å². The largest absolute Gasteiger partial charge is 0.383 e. The minimum absolute atomic E-state index is 0.836. The third kappa shape index (κ3) is 6.91. The van der Waals surface area contributed by atoms with Gasteiger partial charge in [0.1, 0.15) is 0 Å². The Morgan fingerprint density at radius 1 is 1.07 bits per heavy atom. The van der Waals surface area contributed by atoms with Gasteiger partial charge in [-0.15, -0.1) is 0 Å². The first-order valence-electron chi connectivity index (χ1n) is 6.63. The molecule has 0 atom stereocenters.